The van der Waals surface area contributed by atoms with Crippen molar-refractivity contribution in [1.82, 2.24) is 9.97 Å². The lowest BCUT2D eigenvalue weighted by Gasteiger charge is -2.02. The lowest BCUT2D eigenvalue weighted by atomic mass is 10.1. The molecule has 1 heterocycles. The van der Waals surface area contributed by atoms with Gasteiger partial charge in [0.15, 0.2) is 0 Å². The third-order valence-electron chi connectivity index (χ3n) is 2.31. The maximum Gasteiger partial charge on any atom is 0.204 e. The molecule has 1 aromatic heterocycles. The second-order valence-electron chi connectivity index (χ2n) is 3.40. The van der Waals surface area contributed by atoms with Gasteiger partial charge in [-0.3, -0.25) is 0 Å². The average molecular weight is 224 g/mol. The molecule has 84 valence electrons. The summed E-state index contributed by atoms with van der Waals surface area (Å²) in [6, 6.07) is 7.77. The summed E-state index contributed by atoms with van der Waals surface area (Å²) in [5.74, 6) is 6.96. The van der Waals surface area contributed by atoms with Crippen molar-refractivity contribution in [1.29, 1.82) is 0 Å². The molecule has 0 amide bonds. The van der Waals surface area contributed by atoms with Gasteiger partial charge in [-0.15, -0.1) is 0 Å². The Labute approximate surface area is 101 Å². The zero-order chi connectivity index (χ0) is 12.1. The van der Waals surface area contributed by atoms with E-state index >= 15 is 0 Å². The molecular weight excluding hydrogens is 212 g/mol. The molecule has 1 aromatic carbocycles. The first kappa shape index (κ1) is 11.2. The molecule has 0 atom stereocenters. The Bertz CT molecular complexity index is 548. The van der Waals surface area contributed by atoms with Crippen molar-refractivity contribution >= 4 is 0 Å². The largest absolute Gasteiger partial charge is 0.497 e. The van der Waals surface area contributed by atoms with Gasteiger partial charge in [0.2, 0.25) is 5.82 Å². The maximum absolute atomic E-state index is 5.11. The fraction of sp³-hybridized carbons (Fsp3) is 0.143. The van der Waals surface area contributed by atoms with Gasteiger partial charge in [0.05, 0.1) is 7.11 Å². The van der Waals surface area contributed by atoms with Crippen molar-refractivity contribution < 1.29 is 4.74 Å². The number of hydrogen-bond donors (Lipinski definition) is 0. The number of nitrogens with zero attached hydrogens (tertiary/aromatic N) is 2. The van der Waals surface area contributed by atoms with E-state index in [1.54, 1.807) is 26.4 Å². The maximum atomic E-state index is 5.11. The van der Waals surface area contributed by atoms with Crippen molar-refractivity contribution in [3.63, 3.8) is 0 Å². The highest BCUT2D eigenvalue weighted by Crippen LogP contribution is 2.20. The van der Waals surface area contributed by atoms with Crippen LogP contribution in [0, 0.1) is 11.8 Å². The van der Waals surface area contributed by atoms with Gasteiger partial charge in [-0.05, 0) is 30.5 Å². The van der Waals surface area contributed by atoms with Crippen LogP contribution in [0.5, 0.6) is 5.75 Å². The van der Waals surface area contributed by atoms with Crippen molar-refractivity contribution in [2.45, 2.75) is 6.92 Å². The molecule has 17 heavy (non-hydrogen) atoms. The number of rotatable bonds is 2. The van der Waals surface area contributed by atoms with Crippen LogP contribution in [0.4, 0.5) is 0 Å². The minimum absolute atomic E-state index is 0.546. The standard InChI is InChI=1S/C14H12N2O/c1-3-4-14-15-9-12(10-16-14)11-5-7-13(17-2)8-6-11/h5-10H,1-2H3. The number of benzene rings is 1. The fourth-order valence-corrected chi connectivity index (χ4v) is 1.44. The van der Waals surface area contributed by atoms with E-state index in [-0.39, 0.29) is 0 Å². The summed E-state index contributed by atoms with van der Waals surface area (Å²) in [6.07, 6.45) is 3.54. The van der Waals surface area contributed by atoms with Crippen LogP contribution in [0.15, 0.2) is 36.7 Å². The second-order valence-corrected chi connectivity index (χ2v) is 3.40. The zero-order valence-electron chi connectivity index (χ0n) is 9.77. The molecule has 0 aliphatic carbocycles. The molecule has 0 aliphatic rings. The molecule has 0 saturated heterocycles. The zero-order valence-corrected chi connectivity index (χ0v) is 9.77. The average Bonchev–Trinajstić information content (AvgIpc) is 2.40. The molecular formula is C14H12N2O. The number of aromatic nitrogens is 2. The van der Waals surface area contributed by atoms with Gasteiger partial charge in [0, 0.05) is 18.0 Å². The van der Waals surface area contributed by atoms with E-state index in [1.807, 2.05) is 24.3 Å². The van der Waals surface area contributed by atoms with Crippen LogP contribution in [0.25, 0.3) is 11.1 Å². The lowest BCUT2D eigenvalue weighted by molar-refractivity contribution is 0.415. The van der Waals surface area contributed by atoms with Crippen molar-refractivity contribution in [3.8, 4) is 28.7 Å². The first-order valence-corrected chi connectivity index (χ1v) is 5.22. The third kappa shape index (κ3) is 2.61. The molecule has 0 saturated carbocycles. The van der Waals surface area contributed by atoms with E-state index in [4.69, 9.17) is 4.74 Å². The van der Waals surface area contributed by atoms with Gasteiger partial charge in [-0.1, -0.05) is 18.1 Å². The molecule has 2 aromatic rings. The first-order valence-electron chi connectivity index (χ1n) is 5.22. The van der Waals surface area contributed by atoms with Gasteiger partial charge in [0.1, 0.15) is 5.75 Å². The van der Waals surface area contributed by atoms with Crippen LogP contribution < -0.4 is 4.74 Å². The Morgan fingerprint density at radius 1 is 1.00 bits per heavy atom. The molecule has 0 unspecified atom stereocenters. The summed E-state index contributed by atoms with van der Waals surface area (Å²) < 4.78 is 5.11. The molecule has 0 radical (unpaired) electrons. The van der Waals surface area contributed by atoms with Crippen LogP contribution in [0.1, 0.15) is 12.7 Å². The molecule has 3 heteroatoms. The Balaban J connectivity index is 2.28. The molecule has 3 nitrogen and oxygen atoms in total. The Hall–Kier alpha value is -2.34. The van der Waals surface area contributed by atoms with E-state index in [2.05, 4.69) is 21.8 Å². The van der Waals surface area contributed by atoms with Gasteiger partial charge >= 0.3 is 0 Å². The smallest absolute Gasteiger partial charge is 0.204 e. The second kappa shape index (κ2) is 5.13. The minimum atomic E-state index is 0.546. The Morgan fingerprint density at radius 3 is 2.18 bits per heavy atom. The topological polar surface area (TPSA) is 35.0 Å². The third-order valence-corrected chi connectivity index (χ3v) is 2.31. The predicted molar refractivity (Wildman–Crippen MR) is 66.6 cm³/mol. The van der Waals surface area contributed by atoms with Crippen LogP contribution in [-0.4, -0.2) is 17.1 Å². The van der Waals surface area contributed by atoms with Gasteiger partial charge in [-0.25, -0.2) is 9.97 Å². The van der Waals surface area contributed by atoms with Crippen LogP contribution >= 0.6 is 0 Å². The highest BCUT2D eigenvalue weighted by molar-refractivity contribution is 5.62. The van der Waals surface area contributed by atoms with Crippen LogP contribution in [0.3, 0.4) is 0 Å². The molecule has 0 bridgehead atoms. The van der Waals surface area contributed by atoms with Crippen molar-refractivity contribution in [3.05, 3.63) is 42.5 Å². The highest BCUT2D eigenvalue weighted by Gasteiger charge is 1.99. The summed E-state index contributed by atoms with van der Waals surface area (Å²) in [6.45, 7) is 1.76. The molecule has 0 fully saturated rings. The van der Waals surface area contributed by atoms with E-state index in [0.29, 0.717) is 5.82 Å². The summed E-state index contributed by atoms with van der Waals surface area (Å²) >= 11 is 0. The Morgan fingerprint density at radius 2 is 1.65 bits per heavy atom. The molecule has 0 N–H and O–H groups in total. The minimum Gasteiger partial charge on any atom is -0.497 e. The molecule has 0 aliphatic heterocycles. The van der Waals surface area contributed by atoms with Crippen LogP contribution in [-0.2, 0) is 0 Å². The summed E-state index contributed by atoms with van der Waals surface area (Å²) in [7, 11) is 1.65. The lowest BCUT2D eigenvalue weighted by Crippen LogP contribution is -1.89. The van der Waals surface area contributed by atoms with Gasteiger partial charge in [-0.2, -0.15) is 0 Å². The first-order chi connectivity index (χ1) is 8.33. The van der Waals surface area contributed by atoms with E-state index in [9.17, 15) is 0 Å². The van der Waals surface area contributed by atoms with Gasteiger partial charge < -0.3 is 4.74 Å². The predicted octanol–water partition coefficient (Wildman–Crippen LogP) is 2.52. The highest BCUT2D eigenvalue weighted by atomic mass is 16.5. The number of hydrogen-bond acceptors (Lipinski definition) is 3. The van der Waals surface area contributed by atoms with Crippen molar-refractivity contribution in [2.24, 2.45) is 0 Å². The number of ether oxygens (including phenoxy) is 1. The summed E-state index contributed by atoms with van der Waals surface area (Å²) in [5.41, 5.74) is 2.02. The molecule has 2 rings (SSSR count). The Kier molecular flexibility index (Phi) is 3.37. The van der Waals surface area contributed by atoms with Crippen molar-refractivity contribution in [2.75, 3.05) is 7.11 Å². The van der Waals surface area contributed by atoms with Gasteiger partial charge in [0.25, 0.3) is 0 Å². The SMILES string of the molecule is CC#Cc1ncc(-c2ccc(OC)cc2)cn1. The normalized spacial score (nSPS) is 9.29. The summed E-state index contributed by atoms with van der Waals surface area (Å²) in [5, 5.41) is 0. The number of methoxy groups -OCH3 is 1. The van der Waals surface area contributed by atoms with E-state index < -0.39 is 0 Å². The summed E-state index contributed by atoms with van der Waals surface area (Å²) in [4.78, 5) is 8.34. The quantitative estimate of drug-likeness (QED) is 0.735. The monoisotopic (exact) mass is 224 g/mol. The fourth-order valence-electron chi connectivity index (χ4n) is 1.44. The van der Waals surface area contributed by atoms with Crippen LogP contribution in [0.2, 0.25) is 0 Å². The van der Waals surface area contributed by atoms with E-state index in [1.165, 1.54) is 0 Å². The molecule has 0 spiro atoms. The van der Waals surface area contributed by atoms with E-state index in [0.717, 1.165) is 16.9 Å².